The molecule has 0 aliphatic heterocycles. The van der Waals surface area contributed by atoms with Gasteiger partial charge in [-0.3, -0.25) is 4.79 Å². The van der Waals surface area contributed by atoms with E-state index in [1.54, 1.807) is 0 Å². The Morgan fingerprint density at radius 1 is 1.10 bits per heavy atom. The van der Waals surface area contributed by atoms with Crippen LogP contribution in [0.5, 0.6) is 0 Å². The SMILES string of the molecule is CCN(Cc1ccccc1C)C(=O)c1ccc(I)cc1. The van der Waals surface area contributed by atoms with Crippen LogP contribution in [0, 0.1) is 10.5 Å². The summed E-state index contributed by atoms with van der Waals surface area (Å²) in [6.45, 7) is 5.47. The van der Waals surface area contributed by atoms with Gasteiger partial charge in [-0.25, -0.2) is 0 Å². The predicted octanol–water partition coefficient (Wildman–Crippen LogP) is 4.26. The molecule has 20 heavy (non-hydrogen) atoms. The highest BCUT2D eigenvalue weighted by Crippen LogP contribution is 2.14. The molecule has 0 aliphatic carbocycles. The number of hydrogen-bond donors (Lipinski definition) is 0. The number of halogens is 1. The van der Waals surface area contributed by atoms with Crippen LogP contribution >= 0.6 is 22.6 Å². The summed E-state index contributed by atoms with van der Waals surface area (Å²) >= 11 is 2.24. The fourth-order valence-electron chi connectivity index (χ4n) is 2.10. The number of carbonyl (C=O) groups excluding carboxylic acids is 1. The second kappa shape index (κ2) is 6.88. The van der Waals surface area contributed by atoms with Gasteiger partial charge >= 0.3 is 0 Å². The summed E-state index contributed by atoms with van der Waals surface area (Å²) in [4.78, 5) is 14.4. The number of carbonyl (C=O) groups is 1. The van der Waals surface area contributed by atoms with Gasteiger partial charge in [0.15, 0.2) is 0 Å². The van der Waals surface area contributed by atoms with Crippen LogP contribution in [0.25, 0.3) is 0 Å². The molecule has 0 saturated heterocycles. The highest BCUT2D eigenvalue weighted by molar-refractivity contribution is 14.1. The fraction of sp³-hybridized carbons (Fsp3) is 0.235. The zero-order valence-electron chi connectivity index (χ0n) is 11.8. The summed E-state index contributed by atoms with van der Waals surface area (Å²) in [6, 6.07) is 15.9. The van der Waals surface area contributed by atoms with Gasteiger partial charge in [0.25, 0.3) is 5.91 Å². The molecule has 104 valence electrons. The van der Waals surface area contributed by atoms with Crippen molar-refractivity contribution in [3.63, 3.8) is 0 Å². The third-order valence-corrected chi connectivity index (χ3v) is 4.10. The molecule has 0 heterocycles. The first-order valence-electron chi connectivity index (χ1n) is 6.71. The summed E-state index contributed by atoms with van der Waals surface area (Å²) in [7, 11) is 0. The fourth-order valence-corrected chi connectivity index (χ4v) is 2.45. The topological polar surface area (TPSA) is 20.3 Å². The maximum atomic E-state index is 12.5. The van der Waals surface area contributed by atoms with Crippen LogP contribution in [0.4, 0.5) is 0 Å². The van der Waals surface area contributed by atoms with Crippen LogP contribution in [0.1, 0.15) is 28.4 Å². The Balaban J connectivity index is 2.18. The van der Waals surface area contributed by atoms with Crippen LogP contribution in [0.15, 0.2) is 48.5 Å². The summed E-state index contributed by atoms with van der Waals surface area (Å²) in [5.41, 5.74) is 3.18. The van der Waals surface area contributed by atoms with Crippen molar-refractivity contribution < 1.29 is 4.79 Å². The number of benzene rings is 2. The van der Waals surface area contributed by atoms with E-state index in [1.165, 1.54) is 11.1 Å². The van der Waals surface area contributed by atoms with Gasteiger partial charge in [-0.1, -0.05) is 24.3 Å². The minimum absolute atomic E-state index is 0.0900. The molecule has 1 amide bonds. The van der Waals surface area contributed by atoms with Gasteiger partial charge in [-0.15, -0.1) is 0 Å². The molecular weight excluding hydrogens is 361 g/mol. The maximum absolute atomic E-state index is 12.5. The van der Waals surface area contributed by atoms with Crippen molar-refractivity contribution in [2.24, 2.45) is 0 Å². The van der Waals surface area contributed by atoms with Gasteiger partial charge in [0.2, 0.25) is 0 Å². The predicted molar refractivity (Wildman–Crippen MR) is 90.8 cm³/mol. The Kier molecular flexibility index (Phi) is 5.17. The maximum Gasteiger partial charge on any atom is 0.254 e. The van der Waals surface area contributed by atoms with Gasteiger partial charge in [-0.2, -0.15) is 0 Å². The first-order valence-corrected chi connectivity index (χ1v) is 7.79. The van der Waals surface area contributed by atoms with E-state index in [4.69, 9.17) is 0 Å². The number of amides is 1. The molecule has 2 nitrogen and oxygen atoms in total. The lowest BCUT2D eigenvalue weighted by Crippen LogP contribution is -2.30. The van der Waals surface area contributed by atoms with E-state index in [9.17, 15) is 4.79 Å². The smallest absolute Gasteiger partial charge is 0.254 e. The highest BCUT2D eigenvalue weighted by Gasteiger charge is 2.15. The van der Waals surface area contributed by atoms with E-state index < -0.39 is 0 Å². The first-order chi connectivity index (χ1) is 9.61. The van der Waals surface area contributed by atoms with E-state index >= 15 is 0 Å². The summed E-state index contributed by atoms with van der Waals surface area (Å²) in [5.74, 6) is 0.0900. The lowest BCUT2D eigenvalue weighted by Gasteiger charge is -2.22. The largest absolute Gasteiger partial charge is 0.335 e. The zero-order valence-corrected chi connectivity index (χ0v) is 13.9. The number of nitrogens with zero attached hydrogens (tertiary/aromatic N) is 1. The highest BCUT2D eigenvalue weighted by atomic mass is 127. The Labute approximate surface area is 133 Å². The molecule has 2 aromatic carbocycles. The lowest BCUT2D eigenvalue weighted by atomic mass is 10.1. The van der Waals surface area contributed by atoms with Crippen molar-refractivity contribution in [1.29, 1.82) is 0 Å². The van der Waals surface area contributed by atoms with Gasteiger partial charge in [0.05, 0.1) is 0 Å². The van der Waals surface area contributed by atoms with Crippen LogP contribution in [0.3, 0.4) is 0 Å². The van der Waals surface area contributed by atoms with Gasteiger partial charge < -0.3 is 4.90 Å². The number of hydrogen-bond acceptors (Lipinski definition) is 1. The monoisotopic (exact) mass is 379 g/mol. The van der Waals surface area contributed by atoms with Crippen LogP contribution in [0.2, 0.25) is 0 Å². The minimum atomic E-state index is 0.0900. The molecule has 0 saturated carbocycles. The summed E-state index contributed by atoms with van der Waals surface area (Å²) in [6.07, 6.45) is 0. The molecule has 0 N–H and O–H groups in total. The average molecular weight is 379 g/mol. The normalized spacial score (nSPS) is 10.3. The molecule has 0 bridgehead atoms. The minimum Gasteiger partial charge on any atom is -0.335 e. The van der Waals surface area contributed by atoms with Crippen molar-refractivity contribution in [3.05, 3.63) is 68.8 Å². The van der Waals surface area contributed by atoms with Crippen molar-refractivity contribution in [3.8, 4) is 0 Å². The molecule has 0 spiro atoms. The molecule has 0 aromatic heterocycles. The molecule has 3 heteroatoms. The number of aryl methyl sites for hydroxylation is 1. The quantitative estimate of drug-likeness (QED) is 0.727. The van der Waals surface area contributed by atoms with Crippen LogP contribution < -0.4 is 0 Å². The van der Waals surface area contributed by atoms with Crippen molar-refractivity contribution >= 4 is 28.5 Å². The molecular formula is C17H18INO. The second-order valence-corrected chi connectivity index (χ2v) is 6.00. The molecule has 0 unspecified atom stereocenters. The van der Waals surface area contributed by atoms with Crippen molar-refractivity contribution in [2.75, 3.05) is 6.54 Å². The van der Waals surface area contributed by atoms with E-state index in [-0.39, 0.29) is 5.91 Å². The van der Waals surface area contributed by atoms with E-state index in [2.05, 4.69) is 41.6 Å². The Hall–Kier alpha value is -1.36. The van der Waals surface area contributed by atoms with E-state index in [0.29, 0.717) is 13.1 Å². The third-order valence-electron chi connectivity index (χ3n) is 3.38. The average Bonchev–Trinajstić information content (AvgIpc) is 2.46. The van der Waals surface area contributed by atoms with E-state index in [1.807, 2.05) is 48.2 Å². The second-order valence-electron chi connectivity index (χ2n) is 4.75. The Morgan fingerprint density at radius 3 is 2.35 bits per heavy atom. The van der Waals surface area contributed by atoms with Crippen molar-refractivity contribution in [2.45, 2.75) is 20.4 Å². The molecule has 0 radical (unpaired) electrons. The summed E-state index contributed by atoms with van der Waals surface area (Å²) in [5, 5.41) is 0. The van der Waals surface area contributed by atoms with Gasteiger partial charge in [0, 0.05) is 22.2 Å². The lowest BCUT2D eigenvalue weighted by molar-refractivity contribution is 0.0752. The van der Waals surface area contributed by atoms with Crippen molar-refractivity contribution in [1.82, 2.24) is 4.90 Å². The van der Waals surface area contributed by atoms with Gasteiger partial charge in [0.1, 0.15) is 0 Å². The third kappa shape index (κ3) is 3.60. The Bertz CT molecular complexity index is 592. The molecule has 0 atom stereocenters. The molecule has 0 fully saturated rings. The zero-order chi connectivity index (χ0) is 14.5. The molecule has 2 rings (SSSR count). The summed E-state index contributed by atoms with van der Waals surface area (Å²) < 4.78 is 1.14. The molecule has 2 aromatic rings. The number of rotatable bonds is 4. The van der Waals surface area contributed by atoms with E-state index in [0.717, 1.165) is 9.13 Å². The molecule has 0 aliphatic rings. The standard InChI is InChI=1S/C17H18INO/c1-3-19(12-15-7-5-4-6-13(15)2)17(20)14-8-10-16(18)11-9-14/h4-11H,3,12H2,1-2H3. The Morgan fingerprint density at radius 2 is 1.75 bits per heavy atom. The first kappa shape index (κ1) is 15.0. The van der Waals surface area contributed by atoms with Crippen LogP contribution in [-0.2, 0) is 6.54 Å². The van der Waals surface area contributed by atoms with Crippen LogP contribution in [-0.4, -0.2) is 17.4 Å². The van der Waals surface area contributed by atoms with Gasteiger partial charge in [-0.05, 0) is 71.8 Å².